The average Bonchev–Trinajstić information content (AvgIpc) is 3.01. The molecule has 0 bridgehead atoms. The number of carbonyl (C=O) groups is 1. The van der Waals surface area contributed by atoms with Crippen molar-refractivity contribution in [3.05, 3.63) is 35.2 Å². The zero-order valence-electron chi connectivity index (χ0n) is 14.8. The maximum absolute atomic E-state index is 11.9. The number of hydrogen-bond donors (Lipinski definition) is 1. The number of aryl methyl sites for hydroxylation is 1. The SMILES string of the molecule is CCCCc1ccc(-c2csc(NC(=O)CS(=O)(=O)C(C)C)n2)cc1. The molecule has 0 aliphatic heterocycles. The number of sulfone groups is 1. The molecular formula is C18H24N2O3S2. The van der Waals surface area contributed by atoms with Gasteiger partial charge >= 0.3 is 0 Å². The Morgan fingerprint density at radius 1 is 1.24 bits per heavy atom. The number of thiazole rings is 1. The Bertz CT molecular complexity index is 809. The predicted octanol–water partition coefficient (Wildman–Crippen LogP) is 3.91. The highest BCUT2D eigenvalue weighted by atomic mass is 32.2. The summed E-state index contributed by atoms with van der Waals surface area (Å²) in [6.45, 7) is 5.30. The van der Waals surface area contributed by atoms with Gasteiger partial charge in [0.25, 0.3) is 0 Å². The fourth-order valence-electron chi connectivity index (χ4n) is 2.19. The van der Waals surface area contributed by atoms with Crippen LogP contribution in [0.25, 0.3) is 11.3 Å². The molecule has 1 aromatic carbocycles. The Kier molecular flexibility index (Phi) is 6.72. The second-order valence-electron chi connectivity index (χ2n) is 6.24. The summed E-state index contributed by atoms with van der Waals surface area (Å²) in [5.74, 6) is -1.07. The number of rotatable bonds is 8. The highest BCUT2D eigenvalue weighted by Crippen LogP contribution is 2.25. The summed E-state index contributed by atoms with van der Waals surface area (Å²) in [5, 5.41) is 4.26. The lowest BCUT2D eigenvalue weighted by atomic mass is 10.1. The van der Waals surface area contributed by atoms with Crippen molar-refractivity contribution in [1.82, 2.24) is 4.98 Å². The van der Waals surface area contributed by atoms with Crippen LogP contribution in [0.2, 0.25) is 0 Å². The summed E-state index contributed by atoms with van der Waals surface area (Å²) in [6, 6.07) is 8.24. The summed E-state index contributed by atoms with van der Waals surface area (Å²) in [6.07, 6.45) is 3.41. The Morgan fingerprint density at radius 2 is 1.92 bits per heavy atom. The van der Waals surface area contributed by atoms with Crippen LogP contribution in [0.15, 0.2) is 29.6 Å². The minimum Gasteiger partial charge on any atom is -0.301 e. The maximum atomic E-state index is 11.9. The monoisotopic (exact) mass is 380 g/mol. The number of anilines is 1. The first-order valence-corrected chi connectivity index (χ1v) is 11.0. The average molecular weight is 381 g/mol. The fourth-order valence-corrected chi connectivity index (χ4v) is 3.70. The van der Waals surface area contributed by atoms with E-state index in [2.05, 4.69) is 29.4 Å². The van der Waals surface area contributed by atoms with E-state index in [1.165, 1.54) is 29.7 Å². The van der Waals surface area contributed by atoms with E-state index in [4.69, 9.17) is 0 Å². The number of unbranched alkanes of at least 4 members (excludes halogenated alkanes) is 1. The second kappa shape index (κ2) is 8.58. The maximum Gasteiger partial charge on any atom is 0.241 e. The number of aromatic nitrogens is 1. The summed E-state index contributed by atoms with van der Waals surface area (Å²) >= 11 is 1.29. The van der Waals surface area contributed by atoms with Gasteiger partial charge in [-0.3, -0.25) is 4.79 Å². The third-order valence-corrected chi connectivity index (χ3v) is 6.73. The Balaban J connectivity index is 2.01. The van der Waals surface area contributed by atoms with E-state index in [0.717, 1.165) is 17.7 Å². The normalized spacial score (nSPS) is 11.7. The molecule has 1 amide bonds. The van der Waals surface area contributed by atoms with Crippen LogP contribution in [0.5, 0.6) is 0 Å². The number of nitrogens with one attached hydrogen (secondary N) is 1. The molecule has 1 aromatic heterocycles. The topological polar surface area (TPSA) is 76.1 Å². The molecule has 7 heteroatoms. The Hall–Kier alpha value is -1.73. The highest BCUT2D eigenvalue weighted by Gasteiger charge is 2.21. The van der Waals surface area contributed by atoms with Crippen LogP contribution in [0.4, 0.5) is 5.13 Å². The van der Waals surface area contributed by atoms with Crippen LogP contribution in [-0.2, 0) is 21.1 Å². The van der Waals surface area contributed by atoms with Crippen LogP contribution in [0.1, 0.15) is 39.2 Å². The molecule has 0 unspecified atom stereocenters. The quantitative estimate of drug-likeness (QED) is 0.753. The van der Waals surface area contributed by atoms with Crippen molar-refractivity contribution >= 4 is 32.2 Å². The van der Waals surface area contributed by atoms with E-state index < -0.39 is 26.7 Å². The first-order valence-electron chi connectivity index (χ1n) is 8.38. The first kappa shape index (κ1) is 19.6. The van der Waals surface area contributed by atoms with Gasteiger partial charge in [-0.2, -0.15) is 0 Å². The minimum absolute atomic E-state index is 0.411. The minimum atomic E-state index is -3.41. The third-order valence-electron chi connectivity index (χ3n) is 3.87. The predicted molar refractivity (Wildman–Crippen MR) is 104 cm³/mol. The molecule has 0 radical (unpaired) electrons. The van der Waals surface area contributed by atoms with Crippen molar-refractivity contribution in [1.29, 1.82) is 0 Å². The Labute approximate surface area is 153 Å². The van der Waals surface area contributed by atoms with Crippen LogP contribution in [-0.4, -0.2) is 30.3 Å². The van der Waals surface area contributed by atoms with E-state index in [9.17, 15) is 13.2 Å². The molecule has 0 atom stereocenters. The number of carbonyl (C=O) groups excluding carboxylic acids is 1. The molecule has 1 N–H and O–H groups in total. The zero-order chi connectivity index (χ0) is 18.4. The lowest BCUT2D eigenvalue weighted by molar-refractivity contribution is -0.113. The lowest BCUT2D eigenvalue weighted by Crippen LogP contribution is -2.27. The van der Waals surface area contributed by atoms with Gasteiger partial charge in [0.2, 0.25) is 5.91 Å². The van der Waals surface area contributed by atoms with Crippen LogP contribution in [0, 0.1) is 0 Å². The van der Waals surface area contributed by atoms with Gasteiger partial charge in [-0.05, 0) is 32.3 Å². The zero-order valence-corrected chi connectivity index (χ0v) is 16.4. The smallest absolute Gasteiger partial charge is 0.241 e. The number of amides is 1. The molecule has 0 spiro atoms. The van der Waals surface area contributed by atoms with Crippen LogP contribution >= 0.6 is 11.3 Å². The van der Waals surface area contributed by atoms with Gasteiger partial charge in [0.05, 0.1) is 10.9 Å². The van der Waals surface area contributed by atoms with Crippen molar-refractivity contribution < 1.29 is 13.2 Å². The number of benzene rings is 1. The molecule has 0 aliphatic carbocycles. The van der Waals surface area contributed by atoms with Crippen molar-refractivity contribution in [2.24, 2.45) is 0 Å². The van der Waals surface area contributed by atoms with Crippen LogP contribution < -0.4 is 5.32 Å². The lowest BCUT2D eigenvalue weighted by Gasteiger charge is -2.06. The van der Waals surface area contributed by atoms with E-state index in [-0.39, 0.29) is 0 Å². The van der Waals surface area contributed by atoms with Gasteiger partial charge in [-0.25, -0.2) is 13.4 Å². The third kappa shape index (κ3) is 5.64. The molecule has 25 heavy (non-hydrogen) atoms. The largest absolute Gasteiger partial charge is 0.301 e. The molecule has 0 saturated carbocycles. The molecule has 136 valence electrons. The standard InChI is InChI=1S/C18H24N2O3S2/c1-4-5-6-14-7-9-15(10-8-14)16-11-24-18(19-16)20-17(21)12-25(22,23)13(2)3/h7-11,13H,4-6,12H2,1-3H3,(H,19,20,21). The summed E-state index contributed by atoms with van der Waals surface area (Å²) in [7, 11) is -3.41. The summed E-state index contributed by atoms with van der Waals surface area (Å²) < 4.78 is 23.6. The summed E-state index contributed by atoms with van der Waals surface area (Å²) in [4.78, 5) is 16.3. The summed E-state index contributed by atoms with van der Waals surface area (Å²) in [5.41, 5.74) is 3.05. The van der Waals surface area contributed by atoms with Gasteiger partial charge in [-0.15, -0.1) is 11.3 Å². The molecule has 0 saturated heterocycles. The molecule has 0 aliphatic rings. The number of nitrogens with zero attached hydrogens (tertiary/aromatic N) is 1. The molecule has 2 rings (SSSR count). The van der Waals surface area contributed by atoms with Gasteiger partial charge in [-0.1, -0.05) is 37.6 Å². The molecular weight excluding hydrogens is 356 g/mol. The van der Waals surface area contributed by atoms with E-state index in [0.29, 0.717) is 5.13 Å². The highest BCUT2D eigenvalue weighted by molar-refractivity contribution is 7.92. The molecule has 0 fully saturated rings. The molecule has 2 aromatic rings. The van der Waals surface area contributed by atoms with Crippen molar-refractivity contribution in [2.75, 3.05) is 11.1 Å². The number of hydrogen-bond acceptors (Lipinski definition) is 5. The van der Waals surface area contributed by atoms with Crippen molar-refractivity contribution in [3.8, 4) is 11.3 Å². The van der Waals surface area contributed by atoms with Gasteiger partial charge in [0.1, 0.15) is 5.75 Å². The van der Waals surface area contributed by atoms with Crippen LogP contribution in [0.3, 0.4) is 0 Å². The van der Waals surface area contributed by atoms with Gasteiger partial charge in [0, 0.05) is 10.9 Å². The van der Waals surface area contributed by atoms with E-state index in [1.54, 1.807) is 13.8 Å². The molecule has 1 heterocycles. The van der Waals surface area contributed by atoms with Crippen molar-refractivity contribution in [2.45, 2.75) is 45.3 Å². The fraction of sp³-hybridized carbons (Fsp3) is 0.444. The first-order chi connectivity index (χ1) is 11.8. The van der Waals surface area contributed by atoms with Gasteiger partial charge in [0.15, 0.2) is 15.0 Å². The van der Waals surface area contributed by atoms with Gasteiger partial charge < -0.3 is 5.32 Å². The Morgan fingerprint density at radius 3 is 2.52 bits per heavy atom. The molecule has 5 nitrogen and oxygen atoms in total. The van der Waals surface area contributed by atoms with E-state index >= 15 is 0 Å². The van der Waals surface area contributed by atoms with Crippen molar-refractivity contribution in [3.63, 3.8) is 0 Å². The second-order valence-corrected chi connectivity index (χ2v) is 9.66. The van der Waals surface area contributed by atoms with E-state index in [1.807, 2.05) is 17.5 Å².